The highest BCUT2D eigenvalue weighted by Gasteiger charge is 2.18. The molecular weight excluding hydrogens is 236 g/mol. The van der Waals surface area contributed by atoms with E-state index in [0.29, 0.717) is 12.8 Å². The highest BCUT2D eigenvalue weighted by molar-refractivity contribution is 6.31. The van der Waals surface area contributed by atoms with Gasteiger partial charge in [-0.2, -0.15) is 0 Å². The zero-order chi connectivity index (χ0) is 13.0. The van der Waals surface area contributed by atoms with E-state index in [1.54, 1.807) is 0 Å². The predicted octanol–water partition coefficient (Wildman–Crippen LogP) is 3.27. The topological polar surface area (TPSA) is 40.5 Å². The van der Waals surface area contributed by atoms with Gasteiger partial charge in [-0.15, -0.1) is 0 Å². The number of benzene rings is 1. The van der Waals surface area contributed by atoms with Gasteiger partial charge in [0, 0.05) is 5.02 Å². The molecule has 2 nitrogen and oxygen atoms in total. The van der Waals surface area contributed by atoms with Crippen LogP contribution in [0.25, 0.3) is 0 Å². The fourth-order valence-electron chi connectivity index (χ4n) is 1.90. The normalized spacial score (nSPS) is 16.6. The largest absolute Gasteiger partial charge is 0.390 e. The van der Waals surface area contributed by atoms with E-state index in [-0.39, 0.29) is 5.92 Å². The maximum absolute atomic E-state index is 9.80. The van der Waals surface area contributed by atoms with Crippen molar-refractivity contribution < 1.29 is 10.2 Å². The Balaban J connectivity index is 2.69. The van der Waals surface area contributed by atoms with Crippen molar-refractivity contribution >= 4 is 11.6 Å². The van der Waals surface area contributed by atoms with Crippen molar-refractivity contribution in [3.05, 3.63) is 34.3 Å². The number of aryl methyl sites for hydroxylation is 1. The van der Waals surface area contributed by atoms with Gasteiger partial charge in [-0.1, -0.05) is 37.6 Å². The maximum Gasteiger partial charge on any atom is 0.0804 e. The van der Waals surface area contributed by atoms with Gasteiger partial charge < -0.3 is 10.2 Å². The van der Waals surface area contributed by atoms with Crippen molar-refractivity contribution in [2.75, 3.05) is 0 Å². The SMILES string of the molecule is CCC(O)C(O)CC(C)c1ccc(Cl)c(C)c1. The van der Waals surface area contributed by atoms with Crippen LogP contribution < -0.4 is 0 Å². The Bertz CT molecular complexity index is 365. The first-order chi connectivity index (χ1) is 7.95. The molecule has 1 aromatic rings. The van der Waals surface area contributed by atoms with Crippen molar-refractivity contribution in [1.29, 1.82) is 0 Å². The molecule has 1 aromatic carbocycles. The predicted molar refractivity (Wildman–Crippen MR) is 71.5 cm³/mol. The third-order valence-corrected chi connectivity index (χ3v) is 3.63. The molecule has 2 N–H and O–H groups in total. The number of hydrogen-bond acceptors (Lipinski definition) is 2. The molecule has 0 spiro atoms. The summed E-state index contributed by atoms with van der Waals surface area (Å²) in [7, 11) is 0. The summed E-state index contributed by atoms with van der Waals surface area (Å²) in [5, 5.41) is 20.1. The lowest BCUT2D eigenvalue weighted by Crippen LogP contribution is -2.26. The quantitative estimate of drug-likeness (QED) is 0.849. The van der Waals surface area contributed by atoms with Crippen LogP contribution in [0.1, 0.15) is 43.7 Å². The van der Waals surface area contributed by atoms with Gasteiger partial charge in [-0.25, -0.2) is 0 Å². The van der Waals surface area contributed by atoms with Crippen LogP contribution in [0.4, 0.5) is 0 Å². The third kappa shape index (κ3) is 3.98. The van der Waals surface area contributed by atoms with Crippen molar-refractivity contribution in [3.63, 3.8) is 0 Å². The molecule has 0 fully saturated rings. The van der Waals surface area contributed by atoms with E-state index in [1.165, 1.54) is 0 Å². The lowest BCUT2D eigenvalue weighted by atomic mass is 9.92. The zero-order valence-corrected chi connectivity index (χ0v) is 11.4. The molecule has 0 radical (unpaired) electrons. The Morgan fingerprint density at radius 3 is 2.41 bits per heavy atom. The van der Waals surface area contributed by atoms with E-state index < -0.39 is 12.2 Å². The van der Waals surface area contributed by atoms with E-state index >= 15 is 0 Å². The summed E-state index contributed by atoms with van der Waals surface area (Å²) in [5.74, 6) is 0.210. The smallest absolute Gasteiger partial charge is 0.0804 e. The summed E-state index contributed by atoms with van der Waals surface area (Å²) in [5.41, 5.74) is 2.19. The van der Waals surface area contributed by atoms with E-state index in [4.69, 9.17) is 11.6 Å². The van der Waals surface area contributed by atoms with Crippen molar-refractivity contribution in [3.8, 4) is 0 Å². The van der Waals surface area contributed by atoms with Gasteiger partial charge in [0.15, 0.2) is 0 Å². The lowest BCUT2D eigenvalue weighted by Gasteiger charge is -2.21. The molecule has 3 unspecified atom stereocenters. The van der Waals surface area contributed by atoms with Gasteiger partial charge in [0.1, 0.15) is 0 Å². The first-order valence-corrected chi connectivity index (χ1v) is 6.45. The molecule has 0 aromatic heterocycles. The van der Waals surface area contributed by atoms with Crippen molar-refractivity contribution in [2.24, 2.45) is 0 Å². The third-order valence-electron chi connectivity index (χ3n) is 3.21. The molecule has 0 aliphatic rings. The fraction of sp³-hybridized carbons (Fsp3) is 0.571. The molecule has 0 aliphatic heterocycles. The lowest BCUT2D eigenvalue weighted by molar-refractivity contribution is 0.00953. The first kappa shape index (κ1) is 14.5. The summed E-state index contributed by atoms with van der Waals surface area (Å²) in [6, 6.07) is 5.90. The Labute approximate surface area is 108 Å². The molecule has 0 heterocycles. The van der Waals surface area contributed by atoms with Crippen LogP contribution in [-0.4, -0.2) is 22.4 Å². The minimum absolute atomic E-state index is 0.210. The molecule has 1 rings (SSSR count). The fourth-order valence-corrected chi connectivity index (χ4v) is 2.02. The van der Waals surface area contributed by atoms with Crippen LogP contribution in [0.2, 0.25) is 5.02 Å². The van der Waals surface area contributed by atoms with E-state index in [1.807, 2.05) is 39.0 Å². The highest BCUT2D eigenvalue weighted by Crippen LogP contribution is 2.26. The number of halogens is 1. The molecule has 3 heteroatoms. The average molecular weight is 257 g/mol. The number of rotatable bonds is 5. The van der Waals surface area contributed by atoms with Gasteiger partial charge >= 0.3 is 0 Å². The maximum atomic E-state index is 9.80. The Morgan fingerprint density at radius 2 is 1.88 bits per heavy atom. The monoisotopic (exact) mass is 256 g/mol. The summed E-state index contributed by atoms with van der Waals surface area (Å²) >= 11 is 5.97. The highest BCUT2D eigenvalue weighted by atomic mass is 35.5. The second kappa shape index (κ2) is 6.39. The molecule has 0 aliphatic carbocycles. The minimum atomic E-state index is -0.661. The average Bonchev–Trinajstić information content (AvgIpc) is 2.31. The summed E-state index contributed by atoms with van der Waals surface area (Å²) in [6.45, 7) is 5.88. The Hall–Kier alpha value is -0.570. The van der Waals surface area contributed by atoms with Gasteiger partial charge in [-0.05, 0) is 42.9 Å². The van der Waals surface area contributed by atoms with Crippen LogP contribution in [-0.2, 0) is 0 Å². The first-order valence-electron chi connectivity index (χ1n) is 6.07. The second-order valence-corrected chi connectivity index (χ2v) is 5.10. The van der Waals surface area contributed by atoms with E-state index in [9.17, 15) is 10.2 Å². The molecule has 0 saturated carbocycles. The van der Waals surface area contributed by atoms with Crippen LogP contribution in [0.5, 0.6) is 0 Å². The molecule has 0 amide bonds. The second-order valence-electron chi connectivity index (χ2n) is 4.69. The van der Waals surface area contributed by atoms with Crippen LogP contribution >= 0.6 is 11.6 Å². The Kier molecular flexibility index (Phi) is 5.44. The summed E-state index contributed by atoms with van der Waals surface area (Å²) in [4.78, 5) is 0. The number of hydrogen-bond donors (Lipinski definition) is 2. The molecular formula is C14H21ClO2. The molecule has 17 heavy (non-hydrogen) atoms. The van der Waals surface area contributed by atoms with Crippen molar-refractivity contribution in [2.45, 2.75) is 51.7 Å². The van der Waals surface area contributed by atoms with Gasteiger partial charge in [0.2, 0.25) is 0 Å². The molecule has 96 valence electrons. The zero-order valence-electron chi connectivity index (χ0n) is 10.7. The van der Waals surface area contributed by atoms with Crippen LogP contribution in [0, 0.1) is 6.92 Å². The molecule has 0 bridgehead atoms. The summed E-state index contributed by atoms with van der Waals surface area (Å²) < 4.78 is 0. The Morgan fingerprint density at radius 1 is 1.24 bits per heavy atom. The van der Waals surface area contributed by atoms with Gasteiger partial charge in [-0.3, -0.25) is 0 Å². The molecule has 0 saturated heterocycles. The van der Waals surface area contributed by atoms with E-state index in [2.05, 4.69) is 0 Å². The number of aliphatic hydroxyl groups is 2. The summed E-state index contributed by atoms with van der Waals surface area (Å²) in [6.07, 6.45) is -0.152. The van der Waals surface area contributed by atoms with Crippen LogP contribution in [0.15, 0.2) is 18.2 Å². The van der Waals surface area contributed by atoms with Gasteiger partial charge in [0.05, 0.1) is 12.2 Å². The minimum Gasteiger partial charge on any atom is -0.390 e. The number of aliphatic hydroxyl groups excluding tert-OH is 2. The van der Waals surface area contributed by atoms with Gasteiger partial charge in [0.25, 0.3) is 0 Å². The van der Waals surface area contributed by atoms with Crippen molar-refractivity contribution in [1.82, 2.24) is 0 Å². The van der Waals surface area contributed by atoms with E-state index in [0.717, 1.165) is 16.1 Å². The molecule has 3 atom stereocenters. The van der Waals surface area contributed by atoms with Crippen LogP contribution in [0.3, 0.4) is 0 Å². The standard InChI is InChI=1S/C14H21ClO2/c1-4-13(16)14(17)8-9(2)11-5-6-12(15)10(3)7-11/h5-7,9,13-14,16-17H,4,8H2,1-3H3.